The molecule has 1 aromatic carbocycles. The number of nitrogens with zero attached hydrogens (tertiary/aromatic N) is 2. The van der Waals surface area contributed by atoms with E-state index in [1.165, 1.54) is 18.4 Å². The molecule has 1 aromatic heterocycles. The van der Waals surface area contributed by atoms with E-state index >= 15 is 0 Å². The summed E-state index contributed by atoms with van der Waals surface area (Å²) in [6.45, 7) is 0.636. The van der Waals surface area contributed by atoms with Gasteiger partial charge < -0.3 is 4.74 Å². The Kier molecular flexibility index (Phi) is 6.00. The molecule has 0 N–H and O–H groups in total. The lowest BCUT2D eigenvalue weighted by Gasteiger charge is -2.25. The Morgan fingerprint density at radius 2 is 1.71 bits per heavy atom. The molecule has 1 aliphatic rings. The zero-order valence-corrected chi connectivity index (χ0v) is 14.7. The van der Waals surface area contributed by atoms with Gasteiger partial charge in [-0.15, -0.1) is 0 Å². The number of rotatable bonds is 5. The lowest BCUT2D eigenvalue weighted by atomic mass is 9.81. The molecule has 1 saturated carbocycles. The van der Waals surface area contributed by atoms with Crippen molar-refractivity contribution in [2.45, 2.75) is 38.2 Å². The van der Waals surface area contributed by atoms with Crippen LogP contribution in [0.15, 0.2) is 48.3 Å². The molecule has 1 heterocycles. The van der Waals surface area contributed by atoms with E-state index in [-0.39, 0.29) is 0 Å². The lowest BCUT2D eigenvalue weighted by Crippen LogP contribution is -2.13. The number of aromatic nitrogens is 2. The largest absolute Gasteiger partial charge is 0.380 e. The Labute approximate surface area is 148 Å². The molecule has 1 fully saturated rings. The van der Waals surface area contributed by atoms with E-state index in [4.69, 9.17) is 16.3 Å². The van der Waals surface area contributed by atoms with Gasteiger partial charge in [0.1, 0.15) is 5.82 Å². The summed E-state index contributed by atoms with van der Waals surface area (Å²) in [5.74, 6) is 2.06. The smallest absolute Gasteiger partial charge is 0.131 e. The average molecular weight is 343 g/mol. The number of halogens is 1. The topological polar surface area (TPSA) is 35.0 Å². The fraction of sp³-hybridized carbons (Fsp3) is 0.400. The van der Waals surface area contributed by atoms with E-state index in [0.29, 0.717) is 18.4 Å². The first-order chi connectivity index (χ1) is 11.8. The molecule has 0 radical (unpaired) electrons. The maximum atomic E-state index is 5.68. The summed E-state index contributed by atoms with van der Waals surface area (Å²) in [4.78, 5) is 9.26. The third kappa shape index (κ3) is 4.22. The third-order valence-corrected chi connectivity index (χ3v) is 4.90. The molecule has 0 saturated heterocycles. The molecular formula is C20H23ClN2O. The molecule has 24 heavy (non-hydrogen) atoms. The molecule has 0 unspecified atom stereocenters. The number of hydrogen-bond acceptors (Lipinski definition) is 3. The van der Waals surface area contributed by atoms with Crippen LogP contribution in [-0.4, -0.2) is 17.1 Å². The van der Waals surface area contributed by atoms with Gasteiger partial charge in [0.2, 0.25) is 0 Å². The van der Waals surface area contributed by atoms with Crippen molar-refractivity contribution in [3.05, 3.63) is 59.7 Å². The summed E-state index contributed by atoms with van der Waals surface area (Å²) >= 11 is 5.68. The van der Waals surface area contributed by atoms with Gasteiger partial charge in [-0.3, -0.25) is 0 Å². The summed E-state index contributed by atoms with van der Waals surface area (Å²) in [5, 5.41) is 0. The molecule has 1 aliphatic carbocycles. The Hall–Kier alpha value is -1.71. The normalized spacial score (nSPS) is 21.2. The van der Waals surface area contributed by atoms with Crippen molar-refractivity contribution in [3.63, 3.8) is 0 Å². The second-order valence-electron chi connectivity index (χ2n) is 6.39. The Balaban J connectivity index is 1.65. The Morgan fingerprint density at radius 1 is 1.04 bits per heavy atom. The van der Waals surface area contributed by atoms with Crippen LogP contribution in [0, 0.1) is 5.92 Å². The standard InChI is InChI=1S/C20H23ClN2O/c1-24-14-16-4-6-17(7-5-16)19-12-22-20(23-13-19)18-8-2-15(3-9-18)10-11-21/h4-7,10-13,15,18H,2-3,8-9,14H2,1H3/b11-10+/t15-,18-. The fourth-order valence-corrected chi connectivity index (χ4v) is 3.54. The fourth-order valence-electron chi connectivity index (χ4n) is 3.33. The van der Waals surface area contributed by atoms with Gasteiger partial charge in [0.15, 0.2) is 0 Å². The highest BCUT2D eigenvalue weighted by Crippen LogP contribution is 2.35. The molecule has 0 aliphatic heterocycles. The van der Waals surface area contributed by atoms with Crippen LogP contribution in [0.1, 0.15) is 43.0 Å². The monoisotopic (exact) mass is 342 g/mol. The lowest BCUT2D eigenvalue weighted by molar-refractivity contribution is 0.185. The molecule has 126 valence electrons. The first-order valence-corrected chi connectivity index (χ1v) is 8.91. The van der Waals surface area contributed by atoms with Gasteiger partial charge in [-0.1, -0.05) is 41.9 Å². The second-order valence-corrected chi connectivity index (χ2v) is 6.64. The van der Waals surface area contributed by atoms with Crippen molar-refractivity contribution in [2.24, 2.45) is 5.92 Å². The third-order valence-electron chi connectivity index (χ3n) is 4.75. The van der Waals surface area contributed by atoms with Crippen LogP contribution in [-0.2, 0) is 11.3 Å². The summed E-state index contributed by atoms with van der Waals surface area (Å²) in [7, 11) is 1.71. The molecule has 0 spiro atoms. The van der Waals surface area contributed by atoms with Crippen LogP contribution < -0.4 is 0 Å². The van der Waals surface area contributed by atoms with Gasteiger partial charge in [0.25, 0.3) is 0 Å². The second kappa shape index (κ2) is 8.41. The first-order valence-electron chi connectivity index (χ1n) is 8.47. The zero-order valence-electron chi connectivity index (χ0n) is 14.0. The Bertz CT molecular complexity index is 659. The number of benzene rings is 1. The number of ether oxygens (including phenoxy) is 1. The number of allylic oxidation sites excluding steroid dienone is 1. The minimum atomic E-state index is 0.475. The van der Waals surface area contributed by atoms with E-state index in [2.05, 4.69) is 40.3 Å². The molecule has 2 aromatic rings. The Morgan fingerprint density at radius 3 is 2.29 bits per heavy atom. The SMILES string of the molecule is COCc1ccc(-c2cnc([C@H]3CC[C@H](/C=C/Cl)CC3)nc2)cc1. The molecule has 3 nitrogen and oxygen atoms in total. The van der Waals surface area contributed by atoms with Gasteiger partial charge >= 0.3 is 0 Å². The van der Waals surface area contributed by atoms with E-state index in [1.807, 2.05) is 12.4 Å². The highest BCUT2D eigenvalue weighted by Gasteiger charge is 2.22. The van der Waals surface area contributed by atoms with E-state index in [0.717, 1.165) is 29.8 Å². The van der Waals surface area contributed by atoms with Gasteiger partial charge in [0.05, 0.1) is 6.61 Å². The quantitative estimate of drug-likeness (QED) is 0.738. The van der Waals surface area contributed by atoms with Crippen molar-refractivity contribution in [2.75, 3.05) is 7.11 Å². The summed E-state index contributed by atoms with van der Waals surface area (Å²) in [6, 6.07) is 8.35. The van der Waals surface area contributed by atoms with Crippen LogP contribution in [0.5, 0.6) is 0 Å². The average Bonchev–Trinajstić information content (AvgIpc) is 2.64. The van der Waals surface area contributed by atoms with Crippen molar-refractivity contribution in [1.82, 2.24) is 9.97 Å². The van der Waals surface area contributed by atoms with Crippen LogP contribution in [0.4, 0.5) is 0 Å². The molecule has 4 heteroatoms. The predicted molar refractivity (Wildman–Crippen MR) is 97.9 cm³/mol. The van der Waals surface area contributed by atoms with Crippen LogP contribution in [0.3, 0.4) is 0 Å². The van der Waals surface area contributed by atoms with Crippen molar-refractivity contribution in [3.8, 4) is 11.1 Å². The number of hydrogen-bond donors (Lipinski definition) is 0. The van der Waals surface area contributed by atoms with Gasteiger partial charge in [-0.25, -0.2) is 9.97 Å². The maximum absolute atomic E-state index is 5.68. The van der Waals surface area contributed by atoms with E-state index in [1.54, 1.807) is 12.6 Å². The first kappa shape index (κ1) is 17.1. The van der Waals surface area contributed by atoms with E-state index < -0.39 is 0 Å². The summed E-state index contributed by atoms with van der Waals surface area (Å²) < 4.78 is 5.14. The number of methoxy groups -OCH3 is 1. The molecule has 0 atom stereocenters. The van der Waals surface area contributed by atoms with Crippen LogP contribution in [0.25, 0.3) is 11.1 Å². The summed E-state index contributed by atoms with van der Waals surface area (Å²) in [5.41, 5.74) is 5.01. The maximum Gasteiger partial charge on any atom is 0.131 e. The summed E-state index contributed by atoms with van der Waals surface area (Å²) in [6.07, 6.45) is 10.6. The minimum absolute atomic E-state index is 0.475. The molecule has 0 amide bonds. The van der Waals surface area contributed by atoms with Crippen molar-refractivity contribution < 1.29 is 4.74 Å². The van der Waals surface area contributed by atoms with E-state index in [9.17, 15) is 0 Å². The minimum Gasteiger partial charge on any atom is -0.380 e. The molecule has 0 bridgehead atoms. The van der Waals surface area contributed by atoms with Gasteiger partial charge in [-0.2, -0.15) is 0 Å². The highest BCUT2D eigenvalue weighted by atomic mass is 35.5. The predicted octanol–water partition coefficient (Wildman–Crippen LogP) is 5.32. The highest BCUT2D eigenvalue weighted by molar-refractivity contribution is 6.25. The van der Waals surface area contributed by atoms with Crippen LogP contribution in [0.2, 0.25) is 0 Å². The molecule has 3 rings (SSSR count). The van der Waals surface area contributed by atoms with Crippen molar-refractivity contribution >= 4 is 11.6 Å². The van der Waals surface area contributed by atoms with Crippen LogP contribution >= 0.6 is 11.6 Å². The van der Waals surface area contributed by atoms with Gasteiger partial charge in [0, 0.05) is 36.5 Å². The van der Waals surface area contributed by atoms with Crippen molar-refractivity contribution in [1.29, 1.82) is 0 Å². The zero-order chi connectivity index (χ0) is 16.8. The molecular weight excluding hydrogens is 320 g/mol. The van der Waals surface area contributed by atoms with Gasteiger partial charge in [-0.05, 0) is 42.7 Å².